The van der Waals surface area contributed by atoms with E-state index in [1.165, 1.54) is 55.6 Å². The van der Waals surface area contributed by atoms with Gasteiger partial charge in [-0.15, -0.1) is 36.2 Å². The summed E-state index contributed by atoms with van der Waals surface area (Å²) in [5, 5.41) is 9.91. The second-order valence-corrected chi connectivity index (χ2v) is 8.81. The normalized spacial score (nSPS) is 19.6. The third-order valence-electron chi connectivity index (χ3n) is 5.95. The number of carbonyl (C=O) groups excluding carboxylic acids is 1. The van der Waals surface area contributed by atoms with Crippen molar-refractivity contribution in [3.05, 3.63) is 16.1 Å². The highest BCUT2D eigenvalue weighted by molar-refractivity contribution is 7.09. The summed E-state index contributed by atoms with van der Waals surface area (Å²) in [6.45, 7) is 5.15. The Balaban J connectivity index is 0.00000182. The molecule has 0 aromatic carbocycles. The van der Waals surface area contributed by atoms with Crippen molar-refractivity contribution in [1.29, 1.82) is 0 Å². The first-order valence-corrected chi connectivity index (χ1v) is 11.0. The molecule has 27 heavy (non-hydrogen) atoms. The number of nitrogens with zero attached hydrogens (tertiary/aromatic N) is 1. The molecule has 0 radical (unpaired) electrons. The second kappa shape index (κ2) is 13.0. The fourth-order valence-corrected chi connectivity index (χ4v) is 5.16. The van der Waals surface area contributed by atoms with Crippen LogP contribution in [0.25, 0.3) is 0 Å². The summed E-state index contributed by atoms with van der Waals surface area (Å²) in [5.41, 5.74) is 1.30. The number of halogens is 2. The average Bonchev–Trinajstić information content (AvgIpc) is 3.12. The highest BCUT2D eigenvalue weighted by Gasteiger charge is 2.22. The highest BCUT2D eigenvalue weighted by Crippen LogP contribution is 2.33. The molecule has 2 N–H and O–H groups in total. The van der Waals surface area contributed by atoms with E-state index >= 15 is 0 Å². The molecule has 1 saturated carbocycles. The molecule has 1 unspecified atom stereocenters. The van der Waals surface area contributed by atoms with Crippen molar-refractivity contribution in [1.82, 2.24) is 15.6 Å². The fourth-order valence-electron chi connectivity index (χ4n) is 4.28. The lowest BCUT2D eigenvalue weighted by atomic mass is 9.84. The molecule has 1 atom stereocenters. The van der Waals surface area contributed by atoms with E-state index in [4.69, 9.17) is 4.98 Å². The molecular formula is C20H35Cl2N3OS. The number of hydrogen-bond donors (Lipinski definition) is 2. The predicted molar refractivity (Wildman–Crippen MR) is 119 cm³/mol. The molecular weight excluding hydrogens is 401 g/mol. The van der Waals surface area contributed by atoms with Crippen LogP contribution in [-0.2, 0) is 11.2 Å². The number of piperidine rings is 1. The fraction of sp³-hybridized carbons (Fsp3) is 0.800. The number of thiazole rings is 1. The molecule has 1 amide bonds. The number of aromatic nitrogens is 1. The van der Waals surface area contributed by atoms with E-state index in [1.54, 1.807) is 11.3 Å². The van der Waals surface area contributed by atoms with E-state index in [-0.39, 0.29) is 30.7 Å². The van der Waals surface area contributed by atoms with E-state index in [2.05, 4.69) is 22.9 Å². The average molecular weight is 436 g/mol. The molecule has 7 heteroatoms. The molecule has 1 aliphatic carbocycles. The molecule has 3 rings (SSSR count). The van der Waals surface area contributed by atoms with Gasteiger partial charge in [0.05, 0.1) is 10.7 Å². The molecule has 2 fully saturated rings. The molecule has 2 aliphatic rings. The van der Waals surface area contributed by atoms with E-state index in [0.29, 0.717) is 24.2 Å². The van der Waals surface area contributed by atoms with Crippen molar-refractivity contribution in [3.63, 3.8) is 0 Å². The van der Waals surface area contributed by atoms with Crippen LogP contribution in [0.15, 0.2) is 5.38 Å². The summed E-state index contributed by atoms with van der Waals surface area (Å²) in [6.07, 6.45) is 10.6. The smallest absolute Gasteiger partial charge is 0.220 e. The number of carbonyl (C=O) groups is 1. The lowest BCUT2D eigenvalue weighted by Crippen LogP contribution is -2.34. The van der Waals surface area contributed by atoms with E-state index in [0.717, 1.165) is 26.1 Å². The Kier molecular flexibility index (Phi) is 11.9. The van der Waals surface area contributed by atoms with Gasteiger partial charge in [-0.05, 0) is 50.6 Å². The van der Waals surface area contributed by atoms with Crippen molar-refractivity contribution < 1.29 is 4.79 Å². The van der Waals surface area contributed by atoms with Crippen LogP contribution in [0.1, 0.15) is 74.9 Å². The third kappa shape index (κ3) is 7.88. The van der Waals surface area contributed by atoms with Gasteiger partial charge in [0.25, 0.3) is 0 Å². The molecule has 1 saturated heterocycles. The molecule has 0 spiro atoms. The quantitative estimate of drug-likeness (QED) is 0.651. The molecule has 156 valence electrons. The van der Waals surface area contributed by atoms with E-state index in [1.807, 2.05) is 0 Å². The van der Waals surface area contributed by atoms with Gasteiger partial charge in [-0.3, -0.25) is 4.79 Å². The predicted octanol–water partition coefficient (Wildman–Crippen LogP) is 4.72. The lowest BCUT2D eigenvalue weighted by Gasteiger charge is -2.27. The maximum Gasteiger partial charge on any atom is 0.220 e. The lowest BCUT2D eigenvalue weighted by molar-refractivity contribution is -0.122. The van der Waals surface area contributed by atoms with Crippen molar-refractivity contribution >= 4 is 42.1 Å². The van der Waals surface area contributed by atoms with Gasteiger partial charge in [-0.1, -0.05) is 26.2 Å². The van der Waals surface area contributed by atoms with Crippen LogP contribution in [0.3, 0.4) is 0 Å². The van der Waals surface area contributed by atoms with Crippen molar-refractivity contribution in [2.45, 2.75) is 70.6 Å². The zero-order valence-electron chi connectivity index (χ0n) is 16.4. The van der Waals surface area contributed by atoms with Gasteiger partial charge in [0.15, 0.2) is 0 Å². The monoisotopic (exact) mass is 435 g/mol. The van der Waals surface area contributed by atoms with Gasteiger partial charge in [0.1, 0.15) is 0 Å². The standard InChI is InChI=1S/C20H33N3OS.2ClH/c1-15(16-7-10-21-11-8-16)13-19(24)22-12-9-20-23-18(14-25-20)17-5-3-2-4-6-17;;/h14-17,21H,2-13H2,1H3,(H,22,24);2*1H. The topological polar surface area (TPSA) is 54.0 Å². The van der Waals surface area contributed by atoms with E-state index in [9.17, 15) is 4.79 Å². The van der Waals surface area contributed by atoms with Crippen molar-refractivity contribution in [2.75, 3.05) is 19.6 Å². The summed E-state index contributed by atoms with van der Waals surface area (Å²) in [6, 6.07) is 0. The van der Waals surface area contributed by atoms with Crippen LogP contribution in [0.4, 0.5) is 0 Å². The Morgan fingerprint density at radius 2 is 1.93 bits per heavy atom. The third-order valence-corrected chi connectivity index (χ3v) is 6.88. The van der Waals surface area contributed by atoms with Gasteiger partial charge in [0, 0.05) is 30.7 Å². The van der Waals surface area contributed by atoms with Crippen LogP contribution >= 0.6 is 36.2 Å². The minimum absolute atomic E-state index is 0. The van der Waals surface area contributed by atoms with Gasteiger partial charge in [-0.25, -0.2) is 4.98 Å². The molecule has 1 aromatic heterocycles. The largest absolute Gasteiger partial charge is 0.356 e. The van der Waals surface area contributed by atoms with Crippen LogP contribution in [0.2, 0.25) is 0 Å². The van der Waals surface area contributed by atoms with Gasteiger partial charge >= 0.3 is 0 Å². The summed E-state index contributed by atoms with van der Waals surface area (Å²) in [5.74, 6) is 2.07. The summed E-state index contributed by atoms with van der Waals surface area (Å²) < 4.78 is 0. The maximum absolute atomic E-state index is 12.2. The maximum atomic E-state index is 12.2. The Morgan fingerprint density at radius 1 is 1.22 bits per heavy atom. The highest BCUT2D eigenvalue weighted by atomic mass is 35.5. The molecule has 4 nitrogen and oxygen atoms in total. The van der Waals surface area contributed by atoms with Crippen molar-refractivity contribution in [3.8, 4) is 0 Å². The molecule has 1 aromatic rings. The minimum Gasteiger partial charge on any atom is -0.356 e. The second-order valence-electron chi connectivity index (χ2n) is 7.87. The Labute approximate surface area is 180 Å². The first kappa shape index (κ1) is 24.7. The minimum atomic E-state index is 0. The number of nitrogens with one attached hydrogen (secondary N) is 2. The first-order valence-electron chi connectivity index (χ1n) is 10.1. The zero-order chi connectivity index (χ0) is 17.5. The SMILES string of the molecule is CC(CC(=O)NCCc1nc(C2CCCCC2)cs1)C1CCNCC1.Cl.Cl. The Bertz CT molecular complexity index is 543. The van der Waals surface area contributed by atoms with Gasteiger partial charge in [0.2, 0.25) is 5.91 Å². The molecule has 1 aliphatic heterocycles. The zero-order valence-corrected chi connectivity index (χ0v) is 18.8. The molecule has 0 bridgehead atoms. The number of rotatable bonds is 7. The summed E-state index contributed by atoms with van der Waals surface area (Å²) in [4.78, 5) is 17.0. The van der Waals surface area contributed by atoms with Crippen LogP contribution in [-0.4, -0.2) is 30.5 Å². The first-order chi connectivity index (χ1) is 12.2. The van der Waals surface area contributed by atoms with Crippen LogP contribution in [0.5, 0.6) is 0 Å². The van der Waals surface area contributed by atoms with E-state index < -0.39 is 0 Å². The van der Waals surface area contributed by atoms with Gasteiger partial charge in [-0.2, -0.15) is 0 Å². The van der Waals surface area contributed by atoms with Gasteiger partial charge < -0.3 is 10.6 Å². The number of hydrogen-bond acceptors (Lipinski definition) is 4. The summed E-state index contributed by atoms with van der Waals surface area (Å²) >= 11 is 1.76. The Hall–Kier alpha value is -0.360. The summed E-state index contributed by atoms with van der Waals surface area (Å²) in [7, 11) is 0. The van der Waals surface area contributed by atoms with Crippen LogP contribution in [0, 0.1) is 11.8 Å². The van der Waals surface area contributed by atoms with Crippen LogP contribution < -0.4 is 10.6 Å². The van der Waals surface area contributed by atoms with Crippen molar-refractivity contribution in [2.24, 2.45) is 11.8 Å². The number of amides is 1. The molecule has 2 heterocycles. The Morgan fingerprint density at radius 3 is 2.63 bits per heavy atom.